The summed E-state index contributed by atoms with van der Waals surface area (Å²) in [7, 11) is 0. The van der Waals surface area contributed by atoms with Gasteiger partial charge in [-0.3, -0.25) is 9.59 Å². The zero-order valence-corrected chi connectivity index (χ0v) is 18.1. The van der Waals surface area contributed by atoms with Gasteiger partial charge in [0.05, 0.1) is 5.25 Å². The number of rotatable bonds is 6. The summed E-state index contributed by atoms with van der Waals surface area (Å²) in [5, 5.41) is -0.159. The van der Waals surface area contributed by atoms with Crippen LogP contribution in [0.3, 0.4) is 0 Å². The second-order valence-electron chi connectivity index (χ2n) is 7.62. The Bertz CT molecular complexity index is 885. The second-order valence-corrected chi connectivity index (χ2v) is 9.04. The first kappa shape index (κ1) is 21.4. The van der Waals surface area contributed by atoms with Crippen LogP contribution in [0.25, 0.3) is 0 Å². The van der Waals surface area contributed by atoms with Gasteiger partial charge in [0.15, 0.2) is 0 Å². The third kappa shape index (κ3) is 4.64. The molecule has 2 aromatic carbocycles. The Balaban J connectivity index is 1.78. The van der Waals surface area contributed by atoms with E-state index in [1.165, 1.54) is 24.3 Å². The Morgan fingerprint density at radius 2 is 1.83 bits per heavy atom. The molecule has 3 rings (SSSR count). The minimum atomic E-state index is -0.368. The summed E-state index contributed by atoms with van der Waals surface area (Å²) in [6, 6.07) is 13.7. The summed E-state index contributed by atoms with van der Waals surface area (Å²) in [4.78, 5) is 29.4. The number of carbonyl (C=O) groups excluding carboxylic acids is 2. The van der Waals surface area contributed by atoms with Crippen LogP contribution in [0.5, 0.6) is 0 Å². The maximum Gasteiger partial charge on any atom is 0.254 e. The van der Waals surface area contributed by atoms with Crippen molar-refractivity contribution in [3.05, 3.63) is 71.0 Å². The SMILES string of the molecule is Cc1ccccc1[C@@H]1S[C@@H](C)C(=O)N1CCN(C(=O)c1ccc(F)cc1)C(C)C. The summed E-state index contributed by atoms with van der Waals surface area (Å²) in [5.41, 5.74) is 2.74. The second kappa shape index (κ2) is 8.99. The van der Waals surface area contributed by atoms with Crippen LogP contribution < -0.4 is 0 Å². The van der Waals surface area contributed by atoms with E-state index >= 15 is 0 Å². The van der Waals surface area contributed by atoms with Crippen molar-refractivity contribution in [3.8, 4) is 0 Å². The van der Waals surface area contributed by atoms with Gasteiger partial charge in [-0.15, -0.1) is 11.8 Å². The van der Waals surface area contributed by atoms with Gasteiger partial charge in [-0.2, -0.15) is 0 Å². The molecular weight excluding hydrogens is 387 g/mol. The Kier molecular flexibility index (Phi) is 6.63. The van der Waals surface area contributed by atoms with Crippen LogP contribution in [-0.2, 0) is 4.79 Å². The first-order valence-electron chi connectivity index (χ1n) is 9.87. The largest absolute Gasteiger partial charge is 0.334 e. The molecule has 0 bridgehead atoms. The molecule has 6 heteroatoms. The molecule has 0 unspecified atom stereocenters. The van der Waals surface area contributed by atoms with Crippen molar-refractivity contribution in [2.45, 2.75) is 44.4 Å². The van der Waals surface area contributed by atoms with Crippen molar-refractivity contribution in [3.63, 3.8) is 0 Å². The maximum atomic E-state index is 13.2. The highest BCUT2D eigenvalue weighted by Crippen LogP contribution is 2.43. The topological polar surface area (TPSA) is 40.6 Å². The molecule has 1 aliphatic heterocycles. The lowest BCUT2D eigenvalue weighted by Crippen LogP contribution is -2.43. The molecule has 2 amide bonds. The summed E-state index contributed by atoms with van der Waals surface area (Å²) >= 11 is 1.65. The number of hydrogen-bond donors (Lipinski definition) is 0. The zero-order valence-electron chi connectivity index (χ0n) is 17.3. The molecule has 29 heavy (non-hydrogen) atoms. The smallest absolute Gasteiger partial charge is 0.254 e. The van der Waals surface area contributed by atoms with Crippen molar-refractivity contribution in [2.75, 3.05) is 13.1 Å². The quantitative estimate of drug-likeness (QED) is 0.691. The van der Waals surface area contributed by atoms with E-state index in [1.807, 2.05) is 37.8 Å². The summed E-state index contributed by atoms with van der Waals surface area (Å²) in [6.45, 7) is 8.77. The standard InChI is InChI=1S/C23H27FN2O2S/c1-15(2)25(22(28)18-9-11-19(24)12-10-18)13-14-26-21(27)17(4)29-23(26)20-8-6-5-7-16(20)3/h5-12,15,17,23H,13-14H2,1-4H3/t17-,23-/m0/s1. The lowest BCUT2D eigenvalue weighted by Gasteiger charge is -2.31. The van der Waals surface area contributed by atoms with E-state index in [-0.39, 0.29) is 34.3 Å². The number of benzene rings is 2. The van der Waals surface area contributed by atoms with Gasteiger partial charge in [-0.1, -0.05) is 24.3 Å². The van der Waals surface area contributed by atoms with Crippen molar-refractivity contribution in [1.29, 1.82) is 0 Å². The first-order chi connectivity index (χ1) is 13.8. The van der Waals surface area contributed by atoms with E-state index < -0.39 is 0 Å². The molecule has 0 radical (unpaired) electrons. The maximum absolute atomic E-state index is 13.2. The van der Waals surface area contributed by atoms with Crippen LogP contribution in [-0.4, -0.2) is 46.0 Å². The van der Waals surface area contributed by atoms with E-state index in [0.29, 0.717) is 18.7 Å². The molecule has 154 valence electrons. The Morgan fingerprint density at radius 3 is 2.45 bits per heavy atom. The van der Waals surface area contributed by atoms with Crippen LogP contribution in [0.2, 0.25) is 0 Å². The number of nitrogens with zero attached hydrogens (tertiary/aromatic N) is 2. The van der Waals surface area contributed by atoms with E-state index in [4.69, 9.17) is 0 Å². The average Bonchev–Trinajstić information content (AvgIpc) is 2.97. The van der Waals surface area contributed by atoms with Gasteiger partial charge in [0.1, 0.15) is 11.2 Å². The molecule has 1 saturated heterocycles. The Morgan fingerprint density at radius 1 is 1.17 bits per heavy atom. The van der Waals surface area contributed by atoms with Gasteiger partial charge in [0, 0.05) is 24.7 Å². The molecule has 1 aliphatic rings. The van der Waals surface area contributed by atoms with Crippen LogP contribution in [0.15, 0.2) is 48.5 Å². The van der Waals surface area contributed by atoms with E-state index in [0.717, 1.165) is 11.1 Å². The molecule has 0 spiro atoms. The third-order valence-corrected chi connectivity index (χ3v) is 6.63. The van der Waals surface area contributed by atoms with Crippen LogP contribution in [0.1, 0.15) is 47.6 Å². The van der Waals surface area contributed by atoms with E-state index in [2.05, 4.69) is 19.1 Å². The van der Waals surface area contributed by atoms with Crippen molar-refractivity contribution in [2.24, 2.45) is 0 Å². The van der Waals surface area contributed by atoms with Crippen molar-refractivity contribution >= 4 is 23.6 Å². The van der Waals surface area contributed by atoms with Gasteiger partial charge in [-0.05, 0) is 63.1 Å². The summed E-state index contributed by atoms with van der Waals surface area (Å²) in [5.74, 6) is -0.423. The number of hydrogen-bond acceptors (Lipinski definition) is 3. The molecular formula is C23H27FN2O2S. The summed E-state index contributed by atoms with van der Waals surface area (Å²) < 4.78 is 13.2. The molecule has 1 fully saturated rings. The van der Waals surface area contributed by atoms with Gasteiger partial charge in [-0.25, -0.2) is 4.39 Å². The number of halogens is 1. The Labute approximate surface area is 176 Å². The van der Waals surface area contributed by atoms with E-state index in [9.17, 15) is 14.0 Å². The number of thioether (sulfide) groups is 1. The fourth-order valence-electron chi connectivity index (χ4n) is 3.57. The lowest BCUT2D eigenvalue weighted by molar-refractivity contribution is -0.130. The highest BCUT2D eigenvalue weighted by Gasteiger charge is 2.39. The molecule has 0 N–H and O–H groups in total. The Hall–Kier alpha value is -2.34. The third-order valence-electron chi connectivity index (χ3n) is 5.26. The predicted octanol–water partition coefficient (Wildman–Crippen LogP) is 4.65. The van der Waals surface area contributed by atoms with Crippen LogP contribution in [0.4, 0.5) is 4.39 Å². The number of aryl methyl sites for hydroxylation is 1. The number of amides is 2. The van der Waals surface area contributed by atoms with Crippen molar-refractivity contribution in [1.82, 2.24) is 9.80 Å². The fourth-order valence-corrected chi connectivity index (χ4v) is 4.98. The predicted molar refractivity (Wildman–Crippen MR) is 115 cm³/mol. The normalized spacial score (nSPS) is 19.1. The fraction of sp³-hybridized carbons (Fsp3) is 0.391. The number of carbonyl (C=O) groups is 2. The van der Waals surface area contributed by atoms with Crippen molar-refractivity contribution < 1.29 is 14.0 Å². The average molecular weight is 415 g/mol. The first-order valence-corrected chi connectivity index (χ1v) is 10.8. The van der Waals surface area contributed by atoms with Crippen LogP contribution in [0, 0.1) is 12.7 Å². The van der Waals surface area contributed by atoms with Gasteiger partial charge in [0.25, 0.3) is 5.91 Å². The molecule has 4 nitrogen and oxygen atoms in total. The molecule has 2 aromatic rings. The van der Waals surface area contributed by atoms with E-state index in [1.54, 1.807) is 16.7 Å². The minimum absolute atomic E-state index is 0.0350. The van der Waals surface area contributed by atoms with Gasteiger partial charge < -0.3 is 9.80 Å². The lowest BCUT2D eigenvalue weighted by atomic mass is 10.1. The highest BCUT2D eigenvalue weighted by atomic mass is 32.2. The minimum Gasteiger partial charge on any atom is -0.334 e. The molecule has 2 atom stereocenters. The molecule has 0 aliphatic carbocycles. The van der Waals surface area contributed by atoms with Gasteiger partial charge in [0.2, 0.25) is 5.91 Å². The zero-order chi connectivity index (χ0) is 21.1. The monoisotopic (exact) mass is 414 g/mol. The highest BCUT2D eigenvalue weighted by molar-refractivity contribution is 8.01. The molecule has 0 aromatic heterocycles. The van der Waals surface area contributed by atoms with Gasteiger partial charge >= 0.3 is 0 Å². The van der Waals surface area contributed by atoms with Crippen LogP contribution >= 0.6 is 11.8 Å². The molecule has 1 heterocycles. The summed E-state index contributed by atoms with van der Waals surface area (Å²) in [6.07, 6.45) is 0. The molecule has 0 saturated carbocycles.